The van der Waals surface area contributed by atoms with Crippen LogP contribution in [0.3, 0.4) is 0 Å². The molecule has 4 nitrogen and oxygen atoms in total. The molecule has 1 aliphatic carbocycles. The number of thiocarbonyl (C=S) groups is 1. The third kappa shape index (κ3) is 3.41. The topological polar surface area (TPSA) is 72.2 Å². The first-order chi connectivity index (χ1) is 9.72. The highest BCUT2D eigenvalue weighted by atomic mass is 32.2. The first-order valence-electron chi connectivity index (χ1n) is 6.81. The van der Waals surface area contributed by atoms with E-state index in [4.69, 9.17) is 18.0 Å². The van der Waals surface area contributed by atoms with E-state index in [1.54, 1.807) is 13.8 Å². The van der Waals surface area contributed by atoms with Gasteiger partial charge in [-0.25, -0.2) is 17.5 Å². The van der Waals surface area contributed by atoms with Crippen molar-refractivity contribution >= 4 is 27.2 Å². The van der Waals surface area contributed by atoms with Gasteiger partial charge in [0.05, 0.1) is 9.88 Å². The van der Waals surface area contributed by atoms with E-state index >= 15 is 0 Å². The van der Waals surface area contributed by atoms with E-state index in [2.05, 4.69) is 4.72 Å². The summed E-state index contributed by atoms with van der Waals surface area (Å²) >= 11 is 5.00. The standard InChI is InChI=1S/C14H19FN2O2S2/c1-8-6-10(15)7-9(2)13(8)21(18,19)17-12-5-3-4-11(12)14(16)20/h6-7,11-12,17H,3-5H2,1-2H3,(H2,16,20). The molecule has 0 heterocycles. The molecular formula is C14H19FN2O2S2. The number of rotatable bonds is 4. The van der Waals surface area contributed by atoms with Crippen molar-refractivity contribution in [3.63, 3.8) is 0 Å². The zero-order chi connectivity index (χ0) is 15.8. The predicted molar refractivity (Wildman–Crippen MR) is 84.1 cm³/mol. The second-order valence-corrected chi connectivity index (χ2v) is 7.66. The molecule has 2 unspecified atom stereocenters. The Balaban J connectivity index is 2.33. The summed E-state index contributed by atoms with van der Waals surface area (Å²) in [4.78, 5) is 0.477. The summed E-state index contributed by atoms with van der Waals surface area (Å²) in [5.41, 5.74) is 6.46. The van der Waals surface area contributed by atoms with E-state index in [0.29, 0.717) is 22.5 Å². The van der Waals surface area contributed by atoms with Crippen LogP contribution in [0.15, 0.2) is 17.0 Å². The maximum Gasteiger partial charge on any atom is 0.241 e. The monoisotopic (exact) mass is 330 g/mol. The molecule has 21 heavy (non-hydrogen) atoms. The summed E-state index contributed by atoms with van der Waals surface area (Å²) in [6, 6.07) is 2.17. The second-order valence-electron chi connectivity index (χ2n) is 5.54. The number of hydrogen-bond donors (Lipinski definition) is 2. The van der Waals surface area contributed by atoms with E-state index in [1.165, 1.54) is 12.1 Å². The van der Waals surface area contributed by atoms with Crippen molar-refractivity contribution in [2.24, 2.45) is 11.7 Å². The van der Waals surface area contributed by atoms with Crippen molar-refractivity contribution in [2.75, 3.05) is 0 Å². The lowest BCUT2D eigenvalue weighted by Gasteiger charge is -2.21. The number of aryl methyl sites for hydroxylation is 2. The van der Waals surface area contributed by atoms with Crippen LogP contribution in [0.25, 0.3) is 0 Å². The quantitative estimate of drug-likeness (QED) is 0.830. The molecule has 1 aliphatic rings. The van der Waals surface area contributed by atoms with E-state index in [1.807, 2.05) is 0 Å². The maximum absolute atomic E-state index is 13.3. The molecule has 0 aromatic heterocycles. The van der Waals surface area contributed by atoms with Crippen LogP contribution in [-0.2, 0) is 10.0 Å². The van der Waals surface area contributed by atoms with Crippen LogP contribution >= 0.6 is 12.2 Å². The van der Waals surface area contributed by atoms with Gasteiger partial charge in [-0.05, 0) is 49.9 Å². The van der Waals surface area contributed by atoms with Gasteiger partial charge in [-0.2, -0.15) is 0 Å². The number of nitrogens with one attached hydrogen (secondary N) is 1. The van der Waals surface area contributed by atoms with Crippen LogP contribution in [-0.4, -0.2) is 19.4 Å². The SMILES string of the molecule is Cc1cc(F)cc(C)c1S(=O)(=O)NC1CCCC1C(N)=S. The lowest BCUT2D eigenvalue weighted by atomic mass is 10.1. The normalized spacial score (nSPS) is 22.4. The van der Waals surface area contributed by atoms with Gasteiger partial charge in [-0.15, -0.1) is 0 Å². The fourth-order valence-corrected chi connectivity index (χ4v) is 5.07. The molecule has 1 fully saturated rings. The van der Waals surface area contributed by atoms with Crippen LogP contribution in [0.4, 0.5) is 4.39 Å². The van der Waals surface area contributed by atoms with Gasteiger partial charge in [-0.3, -0.25) is 0 Å². The zero-order valence-corrected chi connectivity index (χ0v) is 13.7. The maximum atomic E-state index is 13.3. The van der Waals surface area contributed by atoms with Crippen molar-refractivity contribution in [1.82, 2.24) is 4.72 Å². The zero-order valence-electron chi connectivity index (χ0n) is 12.0. The number of halogens is 1. The fraction of sp³-hybridized carbons (Fsp3) is 0.500. The van der Waals surface area contributed by atoms with Crippen LogP contribution < -0.4 is 10.5 Å². The average Bonchev–Trinajstić information content (AvgIpc) is 2.73. The van der Waals surface area contributed by atoms with Gasteiger partial charge < -0.3 is 5.73 Å². The van der Waals surface area contributed by atoms with Gasteiger partial charge in [0.1, 0.15) is 5.82 Å². The summed E-state index contributed by atoms with van der Waals surface area (Å²) in [7, 11) is -3.72. The Morgan fingerprint density at radius 2 is 1.90 bits per heavy atom. The van der Waals surface area contributed by atoms with E-state index in [-0.39, 0.29) is 16.9 Å². The minimum absolute atomic E-state index is 0.115. The van der Waals surface area contributed by atoms with Gasteiger partial charge in [0.2, 0.25) is 10.0 Å². The Bertz CT molecular complexity index is 651. The number of hydrogen-bond acceptors (Lipinski definition) is 3. The van der Waals surface area contributed by atoms with E-state index in [9.17, 15) is 12.8 Å². The molecule has 0 radical (unpaired) electrons. The highest BCUT2D eigenvalue weighted by molar-refractivity contribution is 7.89. The largest absolute Gasteiger partial charge is 0.393 e. The Labute approximate surface area is 130 Å². The van der Waals surface area contributed by atoms with Crippen molar-refractivity contribution in [1.29, 1.82) is 0 Å². The molecule has 0 aliphatic heterocycles. The number of benzene rings is 1. The second kappa shape index (κ2) is 5.98. The van der Waals surface area contributed by atoms with Crippen molar-refractivity contribution < 1.29 is 12.8 Å². The minimum Gasteiger partial charge on any atom is -0.393 e. The molecule has 0 bridgehead atoms. The Kier molecular flexibility index (Phi) is 4.65. The Hall–Kier alpha value is -1.05. The smallest absolute Gasteiger partial charge is 0.241 e. The molecule has 0 saturated heterocycles. The summed E-state index contributed by atoms with van der Waals surface area (Å²) in [5, 5.41) is 0. The van der Waals surface area contributed by atoms with Crippen LogP contribution in [0, 0.1) is 25.6 Å². The fourth-order valence-electron chi connectivity index (χ4n) is 3.02. The Morgan fingerprint density at radius 3 is 2.43 bits per heavy atom. The Morgan fingerprint density at radius 1 is 1.33 bits per heavy atom. The van der Waals surface area contributed by atoms with Crippen molar-refractivity contribution in [3.8, 4) is 0 Å². The summed E-state index contributed by atoms with van der Waals surface area (Å²) in [5.74, 6) is -0.554. The minimum atomic E-state index is -3.72. The van der Waals surface area contributed by atoms with Gasteiger partial charge in [0, 0.05) is 12.0 Å². The van der Waals surface area contributed by atoms with Gasteiger partial charge >= 0.3 is 0 Å². The highest BCUT2D eigenvalue weighted by Crippen LogP contribution is 2.29. The molecule has 0 spiro atoms. The van der Waals surface area contributed by atoms with Gasteiger partial charge in [0.15, 0.2) is 0 Å². The average molecular weight is 330 g/mol. The van der Waals surface area contributed by atoms with Crippen LogP contribution in [0.5, 0.6) is 0 Å². The van der Waals surface area contributed by atoms with E-state index < -0.39 is 15.8 Å². The third-order valence-corrected chi connectivity index (χ3v) is 5.98. The highest BCUT2D eigenvalue weighted by Gasteiger charge is 2.33. The van der Waals surface area contributed by atoms with E-state index in [0.717, 1.165) is 12.8 Å². The summed E-state index contributed by atoms with van der Waals surface area (Å²) < 4.78 is 41.2. The number of nitrogens with two attached hydrogens (primary N) is 1. The lowest BCUT2D eigenvalue weighted by Crippen LogP contribution is -2.42. The van der Waals surface area contributed by atoms with Gasteiger partial charge in [0.25, 0.3) is 0 Å². The van der Waals surface area contributed by atoms with Crippen molar-refractivity contribution in [3.05, 3.63) is 29.1 Å². The third-order valence-electron chi connectivity index (χ3n) is 3.88. The first kappa shape index (κ1) is 16.3. The molecule has 2 rings (SSSR count). The molecule has 3 N–H and O–H groups in total. The van der Waals surface area contributed by atoms with Crippen LogP contribution in [0.1, 0.15) is 30.4 Å². The molecule has 1 saturated carbocycles. The molecule has 1 aromatic rings. The summed E-state index contributed by atoms with van der Waals surface area (Å²) in [6.07, 6.45) is 2.39. The molecule has 116 valence electrons. The van der Waals surface area contributed by atoms with Crippen molar-refractivity contribution in [2.45, 2.75) is 44.0 Å². The molecule has 7 heteroatoms. The lowest BCUT2D eigenvalue weighted by molar-refractivity contribution is 0.524. The number of sulfonamides is 1. The molecule has 2 atom stereocenters. The first-order valence-corrected chi connectivity index (χ1v) is 8.70. The summed E-state index contributed by atoms with van der Waals surface area (Å²) in [6.45, 7) is 3.18. The molecule has 0 amide bonds. The molecular weight excluding hydrogens is 311 g/mol. The predicted octanol–water partition coefficient (Wildman–Crippen LogP) is 2.18. The molecule has 1 aromatic carbocycles. The van der Waals surface area contributed by atoms with Gasteiger partial charge in [-0.1, -0.05) is 18.6 Å². The van der Waals surface area contributed by atoms with Crippen LogP contribution in [0.2, 0.25) is 0 Å².